The normalized spacial score (nSPS) is 12.7. The van der Waals surface area contributed by atoms with Gasteiger partial charge in [-0.25, -0.2) is 9.78 Å². The van der Waals surface area contributed by atoms with Crippen LogP contribution in [0.5, 0.6) is 0 Å². The first-order chi connectivity index (χ1) is 8.92. The highest BCUT2D eigenvalue weighted by Crippen LogP contribution is 2.26. The third kappa shape index (κ3) is 3.49. The number of rotatable bonds is 6. The van der Waals surface area contributed by atoms with Gasteiger partial charge in [-0.3, -0.25) is 0 Å². The van der Waals surface area contributed by atoms with Gasteiger partial charge in [-0.05, 0) is 26.2 Å². The molecular formula is C14H25N3O2. The number of anilines is 1. The zero-order chi connectivity index (χ0) is 14.6. The van der Waals surface area contributed by atoms with Crippen molar-refractivity contribution in [2.24, 2.45) is 5.92 Å². The van der Waals surface area contributed by atoms with E-state index in [9.17, 15) is 4.79 Å². The number of nitrogen functional groups attached to an aromatic ring is 1. The molecule has 1 unspecified atom stereocenters. The summed E-state index contributed by atoms with van der Waals surface area (Å²) in [5.74, 6) is 1.38. The van der Waals surface area contributed by atoms with E-state index >= 15 is 0 Å². The van der Waals surface area contributed by atoms with Crippen molar-refractivity contribution in [3.05, 3.63) is 11.5 Å². The van der Waals surface area contributed by atoms with Gasteiger partial charge in [0.25, 0.3) is 0 Å². The molecule has 0 amide bonds. The Balaban J connectivity index is 3.13. The summed E-state index contributed by atoms with van der Waals surface area (Å²) in [4.78, 5) is 16.2. The molecule has 0 bridgehead atoms. The topological polar surface area (TPSA) is 70.1 Å². The number of carbonyl (C=O) groups excluding carboxylic acids is 1. The summed E-state index contributed by atoms with van der Waals surface area (Å²) in [5, 5.41) is 0. The van der Waals surface area contributed by atoms with Crippen LogP contribution in [-0.4, -0.2) is 22.1 Å². The molecular weight excluding hydrogens is 242 g/mol. The number of esters is 1. The van der Waals surface area contributed by atoms with Crippen LogP contribution in [0.4, 0.5) is 5.82 Å². The van der Waals surface area contributed by atoms with E-state index in [1.807, 2.05) is 11.5 Å². The van der Waals surface area contributed by atoms with Crippen molar-refractivity contribution >= 4 is 11.8 Å². The van der Waals surface area contributed by atoms with Gasteiger partial charge in [0.05, 0.1) is 6.61 Å². The summed E-state index contributed by atoms with van der Waals surface area (Å²) in [6.45, 7) is 10.5. The Bertz CT molecular complexity index is 438. The second kappa shape index (κ2) is 6.59. The summed E-state index contributed by atoms with van der Waals surface area (Å²) in [6.07, 6.45) is 1.74. The number of aryl methyl sites for hydroxylation is 1. The maximum Gasteiger partial charge on any atom is 0.360 e. The van der Waals surface area contributed by atoms with Gasteiger partial charge < -0.3 is 15.0 Å². The maximum absolute atomic E-state index is 11.8. The molecule has 0 radical (unpaired) electrons. The average Bonchev–Trinajstić information content (AvgIpc) is 2.65. The summed E-state index contributed by atoms with van der Waals surface area (Å²) < 4.78 is 6.95. The van der Waals surface area contributed by atoms with Crippen LogP contribution in [0, 0.1) is 5.92 Å². The lowest BCUT2D eigenvalue weighted by atomic mass is 10.0. The van der Waals surface area contributed by atoms with E-state index < -0.39 is 5.97 Å². The molecule has 19 heavy (non-hydrogen) atoms. The van der Waals surface area contributed by atoms with Crippen LogP contribution in [0.3, 0.4) is 0 Å². The number of nitrogens with two attached hydrogens (primary N) is 1. The number of aromatic nitrogens is 2. The molecule has 0 saturated carbocycles. The van der Waals surface area contributed by atoms with E-state index in [-0.39, 0.29) is 11.7 Å². The number of imidazole rings is 1. The van der Waals surface area contributed by atoms with E-state index in [0.717, 1.165) is 18.7 Å². The fourth-order valence-corrected chi connectivity index (χ4v) is 2.37. The van der Waals surface area contributed by atoms with Gasteiger partial charge in [0.1, 0.15) is 11.6 Å². The monoisotopic (exact) mass is 267 g/mol. The van der Waals surface area contributed by atoms with E-state index in [1.54, 1.807) is 6.92 Å². The Kier molecular flexibility index (Phi) is 5.39. The predicted molar refractivity (Wildman–Crippen MR) is 76.1 cm³/mol. The van der Waals surface area contributed by atoms with Crippen molar-refractivity contribution in [2.45, 2.75) is 53.5 Å². The van der Waals surface area contributed by atoms with E-state index in [4.69, 9.17) is 10.5 Å². The molecule has 0 spiro atoms. The Morgan fingerprint density at radius 3 is 2.47 bits per heavy atom. The fraction of sp³-hybridized carbons (Fsp3) is 0.714. The van der Waals surface area contributed by atoms with Crippen molar-refractivity contribution in [2.75, 3.05) is 12.3 Å². The van der Waals surface area contributed by atoms with Crippen LogP contribution in [0.2, 0.25) is 0 Å². The number of hydrogen-bond donors (Lipinski definition) is 1. The highest BCUT2D eigenvalue weighted by atomic mass is 16.5. The molecule has 0 fully saturated rings. The van der Waals surface area contributed by atoms with Gasteiger partial charge >= 0.3 is 5.97 Å². The Labute approximate surface area is 115 Å². The number of carbonyl (C=O) groups is 1. The molecule has 1 rings (SSSR count). The smallest absolute Gasteiger partial charge is 0.360 e. The van der Waals surface area contributed by atoms with Gasteiger partial charge in [0.15, 0.2) is 5.69 Å². The van der Waals surface area contributed by atoms with Gasteiger partial charge in [0, 0.05) is 12.5 Å². The van der Waals surface area contributed by atoms with Crippen molar-refractivity contribution in [3.8, 4) is 0 Å². The Hall–Kier alpha value is -1.52. The lowest BCUT2D eigenvalue weighted by molar-refractivity contribution is 0.0521. The molecule has 0 aliphatic heterocycles. The zero-order valence-corrected chi connectivity index (χ0v) is 12.6. The fourth-order valence-electron chi connectivity index (χ4n) is 2.37. The first kappa shape index (κ1) is 15.5. The summed E-state index contributed by atoms with van der Waals surface area (Å²) in [5.41, 5.74) is 6.33. The average molecular weight is 267 g/mol. The molecule has 5 heteroatoms. The third-order valence-electron chi connectivity index (χ3n) is 3.06. The minimum Gasteiger partial charge on any atom is -0.461 e. The van der Waals surface area contributed by atoms with Crippen molar-refractivity contribution < 1.29 is 9.53 Å². The molecule has 1 aromatic heterocycles. The summed E-state index contributed by atoms with van der Waals surface area (Å²) in [7, 11) is 0. The van der Waals surface area contributed by atoms with Crippen molar-refractivity contribution in [1.29, 1.82) is 0 Å². The van der Waals surface area contributed by atoms with Gasteiger partial charge in [-0.1, -0.05) is 20.8 Å². The van der Waals surface area contributed by atoms with Gasteiger partial charge in [-0.2, -0.15) is 0 Å². The zero-order valence-electron chi connectivity index (χ0n) is 12.6. The number of nitrogens with zero attached hydrogens (tertiary/aromatic N) is 2. The quantitative estimate of drug-likeness (QED) is 0.805. The summed E-state index contributed by atoms with van der Waals surface area (Å²) in [6, 6.07) is 0.227. The highest BCUT2D eigenvalue weighted by molar-refractivity contribution is 5.92. The molecule has 108 valence electrons. The van der Waals surface area contributed by atoms with Crippen LogP contribution in [0.25, 0.3) is 0 Å². The molecule has 5 nitrogen and oxygen atoms in total. The molecule has 2 N–H and O–H groups in total. The van der Waals surface area contributed by atoms with Crippen LogP contribution in [0.1, 0.15) is 63.4 Å². The number of hydrogen-bond acceptors (Lipinski definition) is 4. The molecule has 0 saturated heterocycles. The second-order valence-corrected chi connectivity index (χ2v) is 5.18. The molecule has 1 atom stereocenters. The molecule has 1 aromatic rings. The standard InChI is InChI=1S/C14H25N3O2/c1-6-11-16-12(14(18)19-7-2)13(15)17(11)10(5)8-9(3)4/h9-10H,6-8,15H2,1-5H3. The molecule has 1 heterocycles. The minimum absolute atomic E-state index is 0.227. The van der Waals surface area contributed by atoms with E-state index in [0.29, 0.717) is 18.3 Å². The molecule has 0 aliphatic rings. The van der Waals surface area contributed by atoms with Crippen LogP contribution in [-0.2, 0) is 11.2 Å². The number of ether oxygens (including phenoxy) is 1. The van der Waals surface area contributed by atoms with Crippen molar-refractivity contribution in [1.82, 2.24) is 9.55 Å². The van der Waals surface area contributed by atoms with E-state index in [2.05, 4.69) is 25.8 Å². The second-order valence-electron chi connectivity index (χ2n) is 5.18. The third-order valence-corrected chi connectivity index (χ3v) is 3.06. The van der Waals surface area contributed by atoms with Crippen LogP contribution < -0.4 is 5.73 Å². The highest BCUT2D eigenvalue weighted by Gasteiger charge is 2.23. The Morgan fingerprint density at radius 2 is 2.00 bits per heavy atom. The van der Waals surface area contributed by atoms with Crippen molar-refractivity contribution in [3.63, 3.8) is 0 Å². The minimum atomic E-state index is -0.440. The Morgan fingerprint density at radius 1 is 1.37 bits per heavy atom. The lowest BCUT2D eigenvalue weighted by Gasteiger charge is -2.19. The van der Waals surface area contributed by atoms with E-state index in [1.165, 1.54) is 0 Å². The van der Waals surface area contributed by atoms with Gasteiger partial charge in [0.2, 0.25) is 0 Å². The molecule has 0 aliphatic carbocycles. The van der Waals surface area contributed by atoms with Crippen LogP contribution >= 0.6 is 0 Å². The lowest BCUT2D eigenvalue weighted by Crippen LogP contribution is -2.15. The first-order valence-corrected chi connectivity index (χ1v) is 6.95. The first-order valence-electron chi connectivity index (χ1n) is 6.95. The summed E-state index contributed by atoms with van der Waals surface area (Å²) >= 11 is 0. The van der Waals surface area contributed by atoms with Gasteiger partial charge in [-0.15, -0.1) is 0 Å². The predicted octanol–water partition coefficient (Wildman–Crippen LogP) is 2.81. The maximum atomic E-state index is 11.8. The molecule has 0 aromatic carbocycles. The SMILES string of the molecule is CCOC(=O)c1nc(CC)n(C(C)CC(C)C)c1N. The largest absolute Gasteiger partial charge is 0.461 e. The van der Waals surface area contributed by atoms with Crippen LogP contribution in [0.15, 0.2) is 0 Å².